The number of hydrogen-bond donors (Lipinski definition) is 0. The van der Waals surface area contributed by atoms with E-state index in [1.807, 2.05) is 37.3 Å². The standard InChI is InChI=1S/C14H21NO3S/c1-3-19(16,17)15-10-12(2)18-14(11-15)9-13-7-5-4-6-8-13/h4-8,12,14H,3,9-11H2,1-2H3. The first-order chi connectivity index (χ1) is 9.01. The molecular weight excluding hydrogens is 262 g/mol. The van der Waals surface area contributed by atoms with Crippen molar-refractivity contribution in [2.75, 3.05) is 18.8 Å². The Hall–Kier alpha value is -0.910. The zero-order valence-corrected chi connectivity index (χ0v) is 12.3. The van der Waals surface area contributed by atoms with Gasteiger partial charge in [0.25, 0.3) is 0 Å². The van der Waals surface area contributed by atoms with Crippen LogP contribution in [0.25, 0.3) is 0 Å². The molecule has 106 valence electrons. The van der Waals surface area contributed by atoms with E-state index in [1.165, 1.54) is 5.56 Å². The molecule has 0 spiro atoms. The lowest BCUT2D eigenvalue weighted by Gasteiger charge is -2.36. The minimum atomic E-state index is -3.13. The van der Waals surface area contributed by atoms with Crippen LogP contribution in [0.3, 0.4) is 0 Å². The number of ether oxygens (including phenoxy) is 1. The van der Waals surface area contributed by atoms with Crippen LogP contribution in [0.5, 0.6) is 0 Å². The Morgan fingerprint density at radius 3 is 2.58 bits per heavy atom. The predicted octanol–water partition coefficient (Wildman–Crippen LogP) is 1.67. The Balaban J connectivity index is 2.06. The monoisotopic (exact) mass is 283 g/mol. The van der Waals surface area contributed by atoms with Crippen molar-refractivity contribution >= 4 is 10.0 Å². The van der Waals surface area contributed by atoms with E-state index in [-0.39, 0.29) is 18.0 Å². The quantitative estimate of drug-likeness (QED) is 0.844. The van der Waals surface area contributed by atoms with E-state index >= 15 is 0 Å². The predicted molar refractivity (Wildman–Crippen MR) is 75.5 cm³/mol. The van der Waals surface area contributed by atoms with Crippen LogP contribution in [0, 0.1) is 0 Å². The van der Waals surface area contributed by atoms with E-state index in [4.69, 9.17) is 4.74 Å². The lowest BCUT2D eigenvalue weighted by molar-refractivity contribution is -0.0528. The van der Waals surface area contributed by atoms with Crippen LogP contribution in [0.1, 0.15) is 19.4 Å². The summed E-state index contributed by atoms with van der Waals surface area (Å²) in [6, 6.07) is 10.0. The van der Waals surface area contributed by atoms with Crippen molar-refractivity contribution in [2.24, 2.45) is 0 Å². The molecular formula is C14H21NO3S. The third-order valence-corrected chi connectivity index (χ3v) is 5.17. The maximum atomic E-state index is 12.0. The van der Waals surface area contributed by atoms with Crippen LogP contribution in [-0.2, 0) is 21.2 Å². The molecule has 1 fully saturated rings. The zero-order chi connectivity index (χ0) is 13.9. The van der Waals surface area contributed by atoms with Gasteiger partial charge in [-0.05, 0) is 25.8 Å². The highest BCUT2D eigenvalue weighted by Gasteiger charge is 2.31. The van der Waals surface area contributed by atoms with Gasteiger partial charge in [0.15, 0.2) is 0 Å². The number of benzene rings is 1. The van der Waals surface area contributed by atoms with Crippen molar-refractivity contribution in [3.05, 3.63) is 35.9 Å². The van der Waals surface area contributed by atoms with E-state index in [9.17, 15) is 8.42 Å². The fourth-order valence-electron chi connectivity index (χ4n) is 2.40. The molecule has 0 aromatic heterocycles. The third-order valence-electron chi connectivity index (χ3n) is 3.36. The van der Waals surface area contributed by atoms with Crippen molar-refractivity contribution in [3.63, 3.8) is 0 Å². The molecule has 2 rings (SSSR count). The molecule has 19 heavy (non-hydrogen) atoms. The molecule has 1 heterocycles. The molecule has 0 radical (unpaired) electrons. The van der Waals surface area contributed by atoms with Gasteiger partial charge in [0, 0.05) is 13.1 Å². The molecule has 1 aliphatic rings. The maximum Gasteiger partial charge on any atom is 0.214 e. The Bertz CT molecular complexity index is 501. The largest absolute Gasteiger partial charge is 0.372 e. The minimum Gasteiger partial charge on any atom is -0.372 e. The van der Waals surface area contributed by atoms with E-state index in [0.29, 0.717) is 13.1 Å². The number of rotatable bonds is 4. The summed E-state index contributed by atoms with van der Waals surface area (Å²) in [6.45, 7) is 4.52. The molecule has 1 aromatic carbocycles. The van der Waals surface area contributed by atoms with Gasteiger partial charge >= 0.3 is 0 Å². The molecule has 2 atom stereocenters. The van der Waals surface area contributed by atoms with Crippen molar-refractivity contribution in [1.29, 1.82) is 0 Å². The summed E-state index contributed by atoms with van der Waals surface area (Å²) in [5.41, 5.74) is 1.18. The normalized spacial score (nSPS) is 25.4. The Kier molecular flexibility index (Phi) is 4.60. The lowest BCUT2D eigenvalue weighted by atomic mass is 10.1. The minimum absolute atomic E-state index is 0.0520. The molecule has 4 nitrogen and oxygen atoms in total. The molecule has 0 N–H and O–H groups in total. The Morgan fingerprint density at radius 2 is 1.95 bits per heavy atom. The maximum absolute atomic E-state index is 12.0. The SMILES string of the molecule is CCS(=O)(=O)N1CC(C)OC(Cc2ccccc2)C1. The van der Waals surface area contributed by atoms with Crippen molar-refractivity contribution < 1.29 is 13.2 Å². The van der Waals surface area contributed by atoms with Gasteiger partial charge in [0.2, 0.25) is 10.0 Å². The Labute approximate surface area is 115 Å². The lowest BCUT2D eigenvalue weighted by Crippen LogP contribution is -2.50. The van der Waals surface area contributed by atoms with Gasteiger partial charge in [-0.3, -0.25) is 0 Å². The smallest absolute Gasteiger partial charge is 0.214 e. The van der Waals surface area contributed by atoms with Crippen LogP contribution < -0.4 is 0 Å². The van der Waals surface area contributed by atoms with Crippen LogP contribution in [0.15, 0.2) is 30.3 Å². The molecule has 0 bridgehead atoms. The summed E-state index contributed by atoms with van der Waals surface area (Å²) in [5, 5.41) is 0. The van der Waals surface area contributed by atoms with Crippen molar-refractivity contribution in [3.8, 4) is 0 Å². The second kappa shape index (κ2) is 6.03. The van der Waals surface area contributed by atoms with Crippen molar-refractivity contribution in [1.82, 2.24) is 4.31 Å². The van der Waals surface area contributed by atoms with Crippen LogP contribution >= 0.6 is 0 Å². The highest BCUT2D eigenvalue weighted by Crippen LogP contribution is 2.18. The first-order valence-corrected chi connectivity index (χ1v) is 8.29. The number of morpholine rings is 1. The highest BCUT2D eigenvalue weighted by molar-refractivity contribution is 7.89. The second-order valence-electron chi connectivity index (χ2n) is 4.98. The van der Waals surface area contributed by atoms with Crippen LogP contribution in [0.4, 0.5) is 0 Å². The first kappa shape index (κ1) is 14.5. The molecule has 1 saturated heterocycles. The number of hydrogen-bond acceptors (Lipinski definition) is 3. The first-order valence-electron chi connectivity index (χ1n) is 6.68. The molecule has 5 heteroatoms. The summed E-state index contributed by atoms with van der Waals surface area (Å²) in [7, 11) is -3.13. The fraction of sp³-hybridized carbons (Fsp3) is 0.571. The molecule has 1 aromatic rings. The molecule has 2 unspecified atom stereocenters. The van der Waals surface area contributed by atoms with E-state index in [0.717, 1.165) is 6.42 Å². The second-order valence-corrected chi connectivity index (χ2v) is 7.23. The fourth-order valence-corrected chi connectivity index (χ4v) is 3.60. The van der Waals surface area contributed by atoms with E-state index in [2.05, 4.69) is 0 Å². The van der Waals surface area contributed by atoms with Gasteiger partial charge in [-0.1, -0.05) is 30.3 Å². The summed E-state index contributed by atoms with van der Waals surface area (Å²) in [5.74, 6) is 0.151. The summed E-state index contributed by atoms with van der Waals surface area (Å²) >= 11 is 0. The molecule has 0 aliphatic carbocycles. The van der Waals surface area contributed by atoms with Gasteiger partial charge in [-0.25, -0.2) is 8.42 Å². The van der Waals surface area contributed by atoms with Gasteiger partial charge in [0.1, 0.15) is 0 Å². The molecule has 0 saturated carbocycles. The summed E-state index contributed by atoms with van der Waals surface area (Å²) < 4.78 is 31.4. The molecule has 1 aliphatic heterocycles. The average Bonchev–Trinajstić information content (AvgIpc) is 2.39. The van der Waals surface area contributed by atoms with Gasteiger partial charge in [-0.2, -0.15) is 4.31 Å². The van der Waals surface area contributed by atoms with Gasteiger partial charge in [0.05, 0.1) is 18.0 Å². The van der Waals surface area contributed by atoms with Crippen molar-refractivity contribution in [2.45, 2.75) is 32.5 Å². The van der Waals surface area contributed by atoms with E-state index in [1.54, 1.807) is 11.2 Å². The van der Waals surface area contributed by atoms with Gasteiger partial charge in [-0.15, -0.1) is 0 Å². The van der Waals surface area contributed by atoms with Crippen LogP contribution in [-0.4, -0.2) is 43.8 Å². The average molecular weight is 283 g/mol. The highest BCUT2D eigenvalue weighted by atomic mass is 32.2. The number of sulfonamides is 1. The third kappa shape index (κ3) is 3.78. The zero-order valence-electron chi connectivity index (χ0n) is 11.5. The summed E-state index contributed by atoms with van der Waals surface area (Å²) in [6.07, 6.45) is 0.636. The van der Waals surface area contributed by atoms with Crippen LogP contribution in [0.2, 0.25) is 0 Å². The number of nitrogens with zero attached hydrogens (tertiary/aromatic N) is 1. The summed E-state index contributed by atoms with van der Waals surface area (Å²) in [4.78, 5) is 0. The van der Waals surface area contributed by atoms with E-state index < -0.39 is 10.0 Å². The topological polar surface area (TPSA) is 46.6 Å². The molecule has 0 amide bonds. The Morgan fingerprint density at radius 1 is 1.26 bits per heavy atom. The van der Waals surface area contributed by atoms with Gasteiger partial charge < -0.3 is 4.74 Å².